The summed E-state index contributed by atoms with van der Waals surface area (Å²) < 4.78 is 6.98. The van der Waals surface area contributed by atoms with Gasteiger partial charge in [-0.3, -0.25) is 4.90 Å². The molecule has 0 atom stereocenters. The van der Waals surface area contributed by atoms with Crippen LogP contribution >= 0.6 is 0 Å². The van der Waals surface area contributed by atoms with Gasteiger partial charge in [0.25, 0.3) is 6.71 Å². The number of hydrogen-bond acceptors (Lipinski definition) is 7. The topological polar surface area (TPSA) is 38.3 Å². The van der Waals surface area contributed by atoms with E-state index in [9.17, 15) is 0 Å². The fraction of sp³-hybridized carbons (Fsp3) is 0.0139. The Labute approximate surface area is 466 Å². The van der Waals surface area contributed by atoms with Gasteiger partial charge in [0.05, 0.1) is 28.4 Å². The maximum Gasteiger partial charge on any atom is 0.252 e. The smallest absolute Gasteiger partial charge is 0.252 e. The number of ether oxygens (including phenoxy) is 1. The SMILES string of the molecule is c1ccc(-c2cccc(-c3ccccc3)c2N2CN(c3cccc(Oc4cccc(N(c5cc6c7c(c5)N(c5ccccc5)c5ccccc5B7c5ccccc5N6c5ccccc5)c5ccccn5)c4)c3)c3ccccc32)cc1. The zero-order valence-corrected chi connectivity index (χ0v) is 43.7. The largest absolute Gasteiger partial charge is 0.457 e. The van der Waals surface area contributed by atoms with E-state index in [-0.39, 0.29) is 6.71 Å². The van der Waals surface area contributed by atoms with Crippen molar-refractivity contribution >= 4 is 97.2 Å². The number of hydrogen-bond donors (Lipinski definition) is 0. The highest BCUT2D eigenvalue weighted by molar-refractivity contribution is 7.00. The molecule has 80 heavy (non-hydrogen) atoms. The summed E-state index contributed by atoms with van der Waals surface area (Å²) in [5.41, 5.74) is 21.5. The predicted molar refractivity (Wildman–Crippen MR) is 332 cm³/mol. The molecule has 3 aliphatic rings. The van der Waals surface area contributed by atoms with Gasteiger partial charge >= 0.3 is 0 Å². The van der Waals surface area contributed by atoms with Crippen LogP contribution < -0.4 is 45.6 Å². The average Bonchev–Trinajstić information content (AvgIpc) is 4.01. The van der Waals surface area contributed by atoms with Gasteiger partial charge < -0.3 is 24.3 Å². The van der Waals surface area contributed by atoms with Crippen molar-refractivity contribution in [2.24, 2.45) is 0 Å². The fourth-order valence-electron chi connectivity index (χ4n) is 12.3. The Morgan fingerprint density at radius 1 is 0.362 bits per heavy atom. The Bertz CT molecular complexity index is 4070. The number of rotatable bonds is 11. The van der Waals surface area contributed by atoms with Crippen LogP contribution in [0.1, 0.15) is 0 Å². The Morgan fingerprint density at radius 3 is 1.41 bits per heavy atom. The lowest BCUT2D eigenvalue weighted by Crippen LogP contribution is -2.61. The number of nitrogens with zero attached hydrogens (tertiary/aromatic N) is 6. The van der Waals surface area contributed by atoms with Gasteiger partial charge in [-0.05, 0) is 125 Å². The number of anilines is 13. The number of aromatic nitrogens is 1. The van der Waals surface area contributed by atoms with E-state index in [0.717, 1.165) is 74.1 Å². The van der Waals surface area contributed by atoms with Gasteiger partial charge in [0, 0.05) is 69.3 Å². The highest BCUT2D eigenvalue weighted by Gasteiger charge is 2.44. The maximum atomic E-state index is 6.98. The number of para-hydroxylation sites is 7. The van der Waals surface area contributed by atoms with Gasteiger partial charge in [-0.1, -0.05) is 182 Å². The van der Waals surface area contributed by atoms with Gasteiger partial charge in [-0.25, -0.2) is 4.98 Å². The normalized spacial score (nSPS) is 12.8. The van der Waals surface area contributed by atoms with Crippen molar-refractivity contribution in [3.05, 3.63) is 297 Å². The molecular formula is C72H51BN6O. The fourth-order valence-corrected chi connectivity index (χ4v) is 12.3. The molecule has 11 aromatic carbocycles. The second-order valence-corrected chi connectivity index (χ2v) is 20.3. The summed E-state index contributed by atoms with van der Waals surface area (Å²) in [4.78, 5) is 17.1. The molecule has 0 saturated heterocycles. The first-order chi connectivity index (χ1) is 39.7. The highest BCUT2D eigenvalue weighted by Crippen LogP contribution is 2.52. The highest BCUT2D eigenvalue weighted by atomic mass is 16.5. The summed E-state index contributed by atoms with van der Waals surface area (Å²) in [7, 11) is 0. The van der Waals surface area contributed by atoms with Crippen molar-refractivity contribution in [3.63, 3.8) is 0 Å². The van der Waals surface area contributed by atoms with Crippen molar-refractivity contribution in [2.45, 2.75) is 0 Å². The van der Waals surface area contributed by atoms with Crippen LogP contribution in [0, 0.1) is 0 Å². The zero-order chi connectivity index (χ0) is 52.9. The molecule has 0 spiro atoms. The van der Waals surface area contributed by atoms with E-state index < -0.39 is 0 Å². The van der Waals surface area contributed by atoms with E-state index in [4.69, 9.17) is 9.72 Å². The molecule has 7 nitrogen and oxygen atoms in total. The molecule has 1 aromatic heterocycles. The Morgan fingerprint density at radius 2 is 0.838 bits per heavy atom. The quantitative estimate of drug-likeness (QED) is 0.120. The van der Waals surface area contributed by atoms with Gasteiger partial charge in [0.1, 0.15) is 24.0 Å². The van der Waals surface area contributed by atoms with Gasteiger partial charge in [0.2, 0.25) is 0 Å². The minimum Gasteiger partial charge on any atom is -0.457 e. The molecule has 15 rings (SSSR count). The third kappa shape index (κ3) is 8.04. The van der Waals surface area contributed by atoms with Crippen molar-refractivity contribution in [1.82, 2.24) is 4.98 Å². The van der Waals surface area contributed by atoms with Gasteiger partial charge in [-0.2, -0.15) is 0 Å². The van der Waals surface area contributed by atoms with Crippen molar-refractivity contribution in [2.75, 3.05) is 31.2 Å². The Hall–Kier alpha value is -10.6. The van der Waals surface area contributed by atoms with E-state index >= 15 is 0 Å². The van der Waals surface area contributed by atoms with Gasteiger partial charge in [0.15, 0.2) is 0 Å². The van der Waals surface area contributed by atoms with E-state index in [1.807, 2.05) is 24.4 Å². The predicted octanol–water partition coefficient (Wildman–Crippen LogP) is 17.0. The van der Waals surface area contributed by atoms with Crippen molar-refractivity contribution in [1.29, 1.82) is 0 Å². The lowest BCUT2D eigenvalue weighted by atomic mass is 9.33. The molecule has 12 aromatic rings. The number of pyridine rings is 1. The van der Waals surface area contributed by atoms with E-state index in [1.165, 1.54) is 44.3 Å². The molecule has 378 valence electrons. The average molecular weight is 1030 g/mol. The summed E-state index contributed by atoms with van der Waals surface area (Å²) in [6.07, 6.45) is 1.87. The molecule has 0 saturated carbocycles. The molecule has 0 N–H and O–H groups in total. The van der Waals surface area contributed by atoms with Crippen LogP contribution in [0.25, 0.3) is 22.3 Å². The Balaban J connectivity index is 0.834. The maximum absolute atomic E-state index is 6.98. The molecule has 8 heteroatoms. The van der Waals surface area contributed by atoms with Crippen LogP contribution in [0.2, 0.25) is 0 Å². The third-order valence-corrected chi connectivity index (χ3v) is 15.7. The van der Waals surface area contributed by atoms with Crippen molar-refractivity contribution in [3.8, 4) is 33.8 Å². The third-order valence-electron chi connectivity index (χ3n) is 15.7. The molecular weight excluding hydrogens is 976 g/mol. The van der Waals surface area contributed by atoms with E-state index in [0.29, 0.717) is 12.4 Å². The summed E-state index contributed by atoms with van der Waals surface area (Å²) in [5.74, 6) is 2.21. The second kappa shape index (κ2) is 19.8. The summed E-state index contributed by atoms with van der Waals surface area (Å²) in [6.45, 7) is 0.594. The molecule has 0 fully saturated rings. The number of fused-ring (bicyclic) bond motifs is 5. The van der Waals surface area contributed by atoms with Crippen LogP contribution in [0.4, 0.5) is 74.1 Å². The monoisotopic (exact) mass is 1030 g/mol. The first-order valence-electron chi connectivity index (χ1n) is 27.3. The minimum absolute atomic E-state index is 0.00821. The molecule has 0 unspecified atom stereocenters. The summed E-state index contributed by atoms with van der Waals surface area (Å²) in [6, 6.07) is 104. The first kappa shape index (κ1) is 46.7. The van der Waals surface area contributed by atoms with Crippen LogP contribution in [0.3, 0.4) is 0 Å². The second-order valence-electron chi connectivity index (χ2n) is 20.3. The molecule has 0 bridgehead atoms. The van der Waals surface area contributed by atoms with E-state index in [2.05, 4.69) is 297 Å². The number of benzene rings is 11. The van der Waals surface area contributed by atoms with E-state index in [1.54, 1.807) is 0 Å². The van der Waals surface area contributed by atoms with Crippen LogP contribution in [0.15, 0.2) is 297 Å². The molecule has 0 amide bonds. The van der Waals surface area contributed by atoms with Crippen LogP contribution in [0.5, 0.6) is 11.5 Å². The molecule has 0 aliphatic carbocycles. The molecule has 4 heterocycles. The summed E-state index contributed by atoms with van der Waals surface area (Å²) >= 11 is 0. The standard InChI is InChI=1S/C72H51BN6O/c1-5-24-51(25-6-1)60-36-23-37-61(52-26-7-2-8-27-52)72(60)76-50-75(66-42-17-18-43-67(66)76)55-32-21-34-58(46-55)80-59-35-22-33-56(47-59)77(70-44-19-20-45-74-70)57-48-68-71-69(49-57)79(54-30-11-4-12-31-54)65-41-16-14-39-63(65)73(71)62-38-13-15-40-64(62)78(68)53-28-9-3-10-29-53/h1-49H,50H2. The zero-order valence-electron chi connectivity index (χ0n) is 43.7. The molecule has 3 aliphatic heterocycles. The van der Waals surface area contributed by atoms with Crippen LogP contribution in [-0.2, 0) is 0 Å². The van der Waals surface area contributed by atoms with Crippen LogP contribution in [-0.4, -0.2) is 18.4 Å². The van der Waals surface area contributed by atoms with Crippen molar-refractivity contribution < 1.29 is 4.74 Å². The Kier molecular flexibility index (Phi) is 11.5. The lowest BCUT2D eigenvalue weighted by molar-refractivity contribution is 0.483. The first-order valence-corrected chi connectivity index (χ1v) is 27.3. The molecule has 0 radical (unpaired) electrons. The summed E-state index contributed by atoms with van der Waals surface area (Å²) in [5, 5.41) is 0. The van der Waals surface area contributed by atoms with Gasteiger partial charge in [-0.15, -0.1) is 0 Å². The minimum atomic E-state index is -0.00821. The lowest BCUT2D eigenvalue weighted by Gasteiger charge is -2.44.